The Morgan fingerprint density at radius 2 is 1.62 bits per heavy atom. The minimum absolute atomic E-state index is 0.0635. The lowest BCUT2D eigenvalue weighted by Crippen LogP contribution is -2.35. The Bertz CT molecular complexity index is 1050. The molecule has 0 amide bonds. The fourth-order valence-electron chi connectivity index (χ4n) is 3.27. The van der Waals surface area contributed by atoms with Gasteiger partial charge in [0.25, 0.3) is 12.2 Å². The molecule has 21 heavy (non-hydrogen) atoms. The molecule has 0 saturated carbocycles. The SMILES string of the molecule is OC[n+]1c2ccccc2cc2c3ccccc3c3c(c21)O3. The second kappa shape index (κ2) is 3.71. The van der Waals surface area contributed by atoms with Crippen molar-refractivity contribution in [2.45, 2.75) is 6.73 Å². The lowest BCUT2D eigenvalue weighted by molar-refractivity contribution is -0.681. The van der Waals surface area contributed by atoms with Crippen molar-refractivity contribution in [2.75, 3.05) is 0 Å². The zero-order valence-corrected chi connectivity index (χ0v) is 11.2. The monoisotopic (exact) mass is 274 g/mol. The summed E-state index contributed by atoms with van der Waals surface area (Å²) < 4.78 is 7.64. The van der Waals surface area contributed by atoms with Crippen LogP contribution in [0.15, 0.2) is 54.6 Å². The van der Waals surface area contributed by atoms with Crippen LogP contribution in [0.5, 0.6) is 11.5 Å². The zero-order chi connectivity index (χ0) is 14.0. The second-order valence-electron chi connectivity index (χ2n) is 5.34. The standard InChI is InChI=1S/C18H12NO2/c20-10-19-15-8-4-1-5-11(15)9-14-12-6-2-3-7-13(12)17-18(21-17)16(14)19/h1-9,20H,10H2/q+1. The number of aromatic nitrogens is 1. The third kappa shape index (κ3) is 1.33. The van der Waals surface area contributed by atoms with Crippen LogP contribution < -0.4 is 9.30 Å². The van der Waals surface area contributed by atoms with Crippen LogP contribution in [-0.4, -0.2) is 5.11 Å². The van der Waals surface area contributed by atoms with Crippen LogP contribution >= 0.6 is 0 Å². The number of hydrogen-bond acceptors (Lipinski definition) is 2. The third-order valence-electron chi connectivity index (χ3n) is 4.24. The molecule has 100 valence electrons. The predicted molar refractivity (Wildman–Crippen MR) is 81.4 cm³/mol. The average molecular weight is 274 g/mol. The number of ether oxygens (including phenoxy) is 1. The maximum atomic E-state index is 9.86. The van der Waals surface area contributed by atoms with Crippen molar-refractivity contribution in [1.29, 1.82) is 0 Å². The number of hydrogen-bond donors (Lipinski definition) is 1. The van der Waals surface area contributed by atoms with E-state index in [1.54, 1.807) is 0 Å². The van der Waals surface area contributed by atoms with E-state index in [-0.39, 0.29) is 6.73 Å². The minimum Gasteiger partial charge on any atom is -0.442 e. The quantitative estimate of drug-likeness (QED) is 0.220. The summed E-state index contributed by atoms with van der Waals surface area (Å²) in [5.74, 6) is 1.83. The highest BCUT2D eigenvalue weighted by atomic mass is 16.6. The van der Waals surface area contributed by atoms with Crippen molar-refractivity contribution in [3.63, 3.8) is 0 Å². The van der Waals surface area contributed by atoms with Crippen molar-refractivity contribution in [3.8, 4) is 11.5 Å². The summed E-state index contributed by atoms with van der Waals surface area (Å²) in [6, 6.07) is 18.5. The highest BCUT2D eigenvalue weighted by molar-refractivity contribution is 6.16. The molecule has 5 rings (SSSR count). The molecular formula is C18H12NO2+. The second-order valence-corrected chi connectivity index (χ2v) is 5.34. The van der Waals surface area contributed by atoms with E-state index in [4.69, 9.17) is 4.74 Å². The van der Waals surface area contributed by atoms with Crippen molar-refractivity contribution >= 4 is 32.6 Å². The van der Waals surface area contributed by atoms with Gasteiger partial charge in [-0.3, -0.25) is 0 Å². The summed E-state index contributed by atoms with van der Waals surface area (Å²) in [5, 5.41) is 14.4. The van der Waals surface area contributed by atoms with Gasteiger partial charge in [0, 0.05) is 16.8 Å². The van der Waals surface area contributed by atoms with E-state index in [1.807, 2.05) is 34.9 Å². The number of fused-ring (bicyclic) bond motifs is 7. The van der Waals surface area contributed by atoms with Gasteiger partial charge in [0.2, 0.25) is 11.3 Å². The van der Waals surface area contributed by atoms with E-state index in [0.717, 1.165) is 44.1 Å². The summed E-state index contributed by atoms with van der Waals surface area (Å²) >= 11 is 0. The summed E-state index contributed by atoms with van der Waals surface area (Å²) in [4.78, 5) is 0. The first kappa shape index (κ1) is 11.1. The Balaban J connectivity index is 2.13. The van der Waals surface area contributed by atoms with E-state index in [2.05, 4.69) is 24.3 Å². The topological polar surface area (TPSA) is 36.6 Å². The normalized spacial score (nSPS) is 12.6. The van der Waals surface area contributed by atoms with Gasteiger partial charge in [0.15, 0.2) is 5.75 Å². The van der Waals surface area contributed by atoms with Crippen molar-refractivity contribution in [1.82, 2.24) is 0 Å². The maximum Gasteiger partial charge on any atom is 0.262 e. The van der Waals surface area contributed by atoms with E-state index < -0.39 is 0 Å². The highest BCUT2D eigenvalue weighted by Gasteiger charge is 2.35. The number of benzene rings is 3. The molecule has 0 radical (unpaired) electrons. The molecule has 0 fully saturated rings. The zero-order valence-electron chi connectivity index (χ0n) is 11.2. The van der Waals surface area contributed by atoms with Crippen LogP contribution in [0.4, 0.5) is 0 Å². The van der Waals surface area contributed by atoms with Gasteiger partial charge < -0.3 is 9.84 Å². The van der Waals surface area contributed by atoms with Gasteiger partial charge >= 0.3 is 0 Å². The van der Waals surface area contributed by atoms with Gasteiger partial charge in [-0.25, -0.2) is 0 Å². The molecule has 3 heteroatoms. The van der Waals surface area contributed by atoms with Gasteiger partial charge in [-0.05, 0) is 17.5 Å². The molecule has 0 aliphatic carbocycles. The Kier molecular flexibility index (Phi) is 1.95. The number of pyridine rings is 1. The number of aliphatic hydroxyl groups excluding tert-OH is 1. The number of para-hydroxylation sites is 1. The van der Waals surface area contributed by atoms with E-state index in [0.29, 0.717) is 0 Å². The van der Waals surface area contributed by atoms with E-state index >= 15 is 0 Å². The molecule has 2 heterocycles. The molecule has 3 aromatic carbocycles. The summed E-state index contributed by atoms with van der Waals surface area (Å²) in [6.45, 7) is -0.0635. The molecule has 0 bridgehead atoms. The molecular weight excluding hydrogens is 262 g/mol. The fourth-order valence-corrected chi connectivity index (χ4v) is 3.27. The summed E-state index contributed by atoms with van der Waals surface area (Å²) in [6.07, 6.45) is 0. The van der Waals surface area contributed by atoms with Crippen LogP contribution in [0.1, 0.15) is 0 Å². The average Bonchev–Trinajstić information content (AvgIpc) is 3.34. The Hall–Kier alpha value is -2.65. The number of nitrogens with zero attached hydrogens (tertiary/aromatic N) is 1. The van der Waals surface area contributed by atoms with Crippen LogP contribution in [0.25, 0.3) is 32.6 Å². The van der Waals surface area contributed by atoms with Gasteiger partial charge in [-0.1, -0.05) is 36.4 Å². The predicted octanol–water partition coefficient (Wildman–Crippen LogP) is 3.49. The smallest absolute Gasteiger partial charge is 0.262 e. The largest absolute Gasteiger partial charge is 0.442 e. The summed E-state index contributed by atoms with van der Waals surface area (Å²) in [7, 11) is 0. The van der Waals surface area contributed by atoms with Crippen LogP contribution in [-0.2, 0) is 6.73 Å². The van der Waals surface area contributed by atoms with E-state index in [9.17, 15) is 5.11 Å². The lowest BCUT2D eigenvalue weighted by Gasteiger charge is -2.04. The highest BCUT2D eigenvalue weighted by Crippen LogP contribution is 2.55. The third-order valence-corrected chi connectivity index (χ3v) is 4.24. The maximum absolute atomic E-state index is 9.86. The molecule has 0 spiro atoms. The van der Waals surface area contributed by atoms with Gasteiger partial charge in [0.05, 0.1) is 5.39 Å². The van der Waals surface area contributed by atoms with Crippen LogP contribution in [0.2, 0.25) is 0 Å². The summed E-state index contributed by atoms with van der Waals surface area (Å²) in [5.41, 5.74) is 1.99. The van der Waals surface area contributed by atoms with Crippen molar-refractivity contribution < 1.29 is 14.4 Å². The van der Waals surface area contributed by atoms with Crippen molar-refractivity contribution in [2.24, 2.45) is 0 Å². The molecule has 4 aromatic rings. The molecule has 1 aliphatic heterocycles. The molecule has 0 atom stereocenters. The lowest BCUT2D eigenvalue weighted by atomic mass is 10.0. The first-order chi connectivity index (χ1) is 10.4. The Labute approximate surface area is 120 Å². The Morgan fingerprint density at radius 3 is 2.48 bits per heavy atom. The molecule has 1 aliphatic rings. The molecule has 0 unspecified atom stereocenters. The van der Waals surface area contributed by atoms with Crippen molar-refractivity contribution in [3.05, 3.63) is 54.6 Å². The number of aliphatic hydroxyl groups is 1. The van der Waals surface area contributed by atoms with Crippen LogP contribution in [0.3, 0.4) is 0 Å². The van der Waals surface area contributed by atoms with Gasteiger partial charge in [-0.2, -0.15) is 4.57 Å². The van der Waals surface area contributed by atoms with Crippen LogP contribution in [0, 0.1) is 0 Å². The first-order valence-corrected chi connectivity index (χ1v) is 6.97. The molecule has 1 N–H and O–H groups in total. The van der Waals surface area contributed by atoms with Gasteiger partial charge in [-0.15, -0.1) is 0 Å². The first-order valence-electron chi connectivity index (χ1n) is 6.97. The van der Waals surface area contributed by atoms with Gasteiger partial charge in [0.1, 0.15) is 0 Å². The Morgan fingerprint density at radius 1 is 0.857 bits per heavy atom. The molecule has 1 aromatic heterocycles. The number of rotatable bonds is 1. The molecule has 3 nitrogen and oxygen atoms in total. The van der Waals surface area contributed by atoms with E-state index in [1.165, 1.54) is 0 Å². The fraction of sp³-hybridized carbons (Fsp3) is 0.0556. The minimum atomic E-state index is -0.0635. The molecule has 0 saturated heterocycles.